The van der Waals surface area contributed by atoms with E-state index in [0.717, 1.165) is 27.9 Å². The largest absolute Gasteiger partial charge is 0.264 e. The van der Waals surface area contributed by atoms with Crippen molar-refractivity contribution in [1.82, 2.24) is 15.0 Å². The van der Waals surface area contributed by atoms with Gasteiger partial charge in [-0.2, -0.15) is 0 Å². The Bertz CT molecular complexity index is 1480. The summed E-state index contributed by atoms with van der Waals surface area (Å²) in [5, 5.41) is 4.71. The minimum atomic E-state index is 0.888. The van der Waals surface area contributed by atoms with Crippen molar-refractivity contribution >= 4 is 32.6 Å². The molecule has 4 aromatic carbocycles. The topological polar surface area (TPSA) is 38.7 Å². The minimum Gasteiger partial charge on any atom is -0.264 e. The second-order valence-corrected chi connectivity index (χ2v) is 7.33. The fourth-order valence-corrected chi connectivity index (χ4v) is 4.30. The number of para-hydroxylation sites is 2. The van der Waals surface area contributed by atoms with E-state index in [4.69, 9.17) is 4.98 Å². The van der Waals surface area contributed by atoms with E-state index in [1.165, 1.54) is 27.1 Å². The lowest BCUT2D eigenvalue weighted by atomic mass is 9.88. The van der Waals surface area contributed by atoms with Crippen LogP contribution in [0.2, 0.25) is 0 Å². The van der Waals surface area contributed by atoms with E-state index in [0.29, 0.717) is 0 Å². The molecule has 3 nitrogen and oxygen atoms in total. The molecule has 2 aromatic heterocycles. The van der Waals surface area contributed by atoms with Gasteiger partial charge in [0.1, 0.15) is 0 Å². The molecule has 140 valence electrons. The zero-order valence-corrected chi connectivity index (χ0v) is 16.2. The van der Waals surface area contributed by atoms with Gasteiger partial charge in [-0.1, -0.05) is 66.7 Å². The summed E-state index contributed by atoms with van der Waals surface area (Å²) < 4.78 is 0. The molecule has 0 aliphatic carbocycles. The average molecular weight is 383 g/mol. The first-order valence-electron chi connectivity index (χ1n) is 9.96. The molecule has 0 saturated heterocycles. The molecule has 0 N–H and O–H groups in total. The van der Waals surface area contributed by atoms with Crippen LogP contribution in [0.5, 0.6) is 0 Å². The molecule has 0 saturated carbocycles. The molecule has 6 rings (SSSR count). The number of nitrogens with zero attached hydrogens (tertiary/aromatic N) is 3. The van der Waals surface area contributed by atoms with E-state index < -0.39 is 0 Å². The van der Waals surface area contributed by atoms with Crippen molar-refractivity contribution in [1.29, 1.82) is 0 Å². The van der Waals surface area contributed by atoms with Crippen molar-refractivity contribution in [3.63, 3.8) is 0 Å². The molecule has 0 bridgehead atoms. The van der Waals surface area contributed by atoms with Crippen molar-refractivity contribution in [2.45, 2.75) is 0 Å². The van der Waals surface area contributed by atoms with Crippen LogP contribution in [0.4, 0.5) is 0 Å². The van der Waals surface area contributed by atoms with E-state index in [1.807, 2.05) is 48.9 Å². The normalized spacial score (nSPS) is 11.3. The van der Waals surface area contributed by atoms with E-state index in [2.05, 4.69) is 64.6 Å². The lowest BCUT2D eigenvalue weighted by Crippen LogP contribution is -1.94. The van der Waals surface area contributed by atoms with Crippen LogP contribution in [0.1, 0.15) is 0 Å². The smallest absolute Gasteiger partial charge is 0.0905 e. The summed E-state index contributed by atoms with van der Waals surface area (Å²) in [4.78, 5) is 14.0. The molecule has 0 amide bonds. The van der Waals surface area contributed by atoms with Gasteiger partial charge >= 0.3 is 0 Å². The van der Waals surface area contributed by atoms with Crippen LogP contribution in [0.3, 0.4) is 0 Å². The monoisotopic (exact) mass is 383 g/mol. The maximum Gasteiger partial charge on any atom is 0.0905 e. The van der Waals surface area contributed by atoms with Gasteiger partial charge < -0.3 is 0 Å². The quantitative estimate of drug-likeness (QED) is 0.314. The van der Waals surface area contributed by atoms with Crippen molar-refractivity contribution in [3.8, 4) is 22.4 Å². The Morgan fingerprint density at radius 3 is 1.73 bits per heavy atom. The number of benzene rings is 4. The molecule has 0 radical (unpaired) electrons. The van der Waals surface area contributed by atoms with Crippen LogP contribution < -0.4 is 0 Å². The fourth-order valence-electron chi connectivity index (χ4n) is 4.30. The molecule has 2 heterocycles. The Hall–Kier alpha value is -4.11. The van der Waals surface area contributed by atoms with Gasteiger partial charge in [-0.05, 0) is 45.3 Å². The van der Waals surface area contributed by atoms with Gasteiger partial charge in [0.2, 0.25) is 0 Å². The molecule has 0 aliphatic heterocycles. The lowest BCUT2D eigenvalue weighted by Gasteiger charge is -2.17. The first-order chi connectivity index (χ1) is 14.9. The number of aromatic nitrogens is 3. The molecule has 0 atom stereocenters. The second-order valence-electron chi connectivity index (χ2n) is 7.33. The van der Waals surface area contributed by atoms with Gasteiger partial charge in [0.15, 0.2) is 0 Å². The summed E-state index contributed by atoms with van der Waals surface area (Å²) in [6.07, 6.45) is 5.64. The lowest BCUT2D eigenvalue weighted by molar-refractivity contribution is 1.30. The number of rotatable bonds is 2. The average Bonchev–Trinajstić information content (AvgIpc) is 2.82. The number of fused-ring (bicyclic) bond motifs is 3. The predicted molar refractivity (Wildman–Crippen MR) is 123 cm³/mol. The van der Waals surface area contributed by atoms with E-state index >= 15 is 0 Å². The standard InChI is InChI=1S/C27H17N3/c1-3-11-21-19(9-1)26(18-8-7-15-28-16-18)20-10-2-4-12-22(20)27(21)25-17-29-23-13-5-6-14-24(23)30-25/h1-17H. The van der Waals surface area contributed by atoms with E-state index in [9.17, 15) is 0 Å². The van der Waals surface area contributed by atoms with Crippen LogP contribution >= 0.6 is 0 Å². The Kier molecular flexibility index (Phi) is 3.78. The van der Waals surface area contributed by atoms with Crippen LogP contribution in [-0.2, 0) is 0 Å². The van der Waals surface area contributed by atoms with Crippen LogP contribution in [0.25, 0.3) is 55.0 Å². The minimum absolute atomic E-state index is 0.888. The summed E-state index contributed by atoms with van der Waals surface area (Å²) >= 11 is 0. The van der Waals surface area contributed by atoms with Crippen molar-refractivity contribution in [2.24, 2.45) is 0 Å². The molecule has 6 aromatic rings. The summed E-state index contributed by atoms with van der Waals surface area (Å²) in [6.45, 7) is 0. The van der Waals surface area contributed by atoms with E-state index in [1.54, 1.807) is 0 Å². The van der Waals surface area contributed by atoms with Gasteiger partial charge in [0, 0.05) is 23.5 Å². The van der Waals surface area contributed by atoms with Crippen molar-refractivity contribution in [2.75, 3.05) is 0 Å². The summed E-state index contributed by atoms with van der Waals surface area (Å²) in [7, 11) is 0. The highest BCUT2D eigenvalue weighted by Gasteiger charge is 2.17. The molecule has 0 aliphatic rings. The third-order valence-electron chi connectivity index (χ3n) is 5.59. The Morgan fingerprint density at radius 2 is 1.10 bits per heavy atom. The van der Waals surface area contributed by atoms with Crippen LogP contribution in [0, 0.1) is 0 Å². The molecule has 0 fully saturated rings. The molecule has 0 spiro atoms. The van der Waals surface area contributed by atoms with Crippen molar-refractivity contribution < 1.29 is 0 Å². The van der Waals surface area contributed by atoms with Crippen LogP contribution in [0.15, 0.2) is 104 Å². The Balaban J connectivity index is 1.79. The molecular weight excluding hydrogens is 366 g/mol. The van der Waals surface area contributed by atoms with E-state index in [-0.39, 0.29) is 0 Å². The third kappa shape index (κ3) is 2.56. The van der Waals surface area contributed by atoms with Gasteiger partial charge in [-0.15, -0.1) is 0 Å². The van der Waals surface area contributed by atoms with Gasteiger partial charge in [-0.3, -0.25) is 9.97 Å². The zero-order chi connectivity index (χ0) is 19.9. The fraction of sp³-hybridized carbons (Fsp3) is 0. The molecule has 30 heavy (non-hydrogen) atoms. The Labute approximate surface area is 173 Å². The second kappa shape index (κ2) is 6.75. The number of hydrogen-bond acceptors (Lipinski definition) is 3. The van der Waals surface area contributed by atoms with Gasteiger partial charge in [0.25, 0.3) is 0 Å². The molecular formula is C27H17N3. The predicted octanol–water partition coefficient (Wildman–Crippen LogP) is 6.67. The maximum atomic E-state index is 4.97. The summed E-state index contributed by atoms with van der Waals surface area (Å²) in [5.74, 6) is 0. The maximum absolute atomic E-state index is 4.97. The SMILES string of the molecule is c1cncc(-c2c3ccccc3c(-c3cnc4ccccc4n3)c3ccccc23)c1. The van der Waals surface area contributed by atoms with Crippen molar-refractivity contribution in [3.05, 3.63) is 104 Å². The first kappa shape index (κ1) is 16.8. The highest BCUT2D eigenvalue weighted by atomic mass is 14.8. The highest BCUT2D eigenvalue weighted by Crippen LogP contribution is 2.42. The summed E-state index contributed by atoms with van der Waals surface area (Å²) in [6, 6.07) is 29.2. The van der Waals surface area contributed by atoms with Gasteiger partial charge in [-0.25, -0.2) is 4.98 Å². The number of pyridine rings is 1. The van der Waals surface area contributed by atoms with Crippen LogP contribution in [-0.4, -0.2) is 15.0 Å². The highest BCUT2D eigenvalue weighted by molar-refractivity contribution is 6.21. The van der Waals surface area contributed by atoms with Gasteiger partial charge in [0.05, 0.1) is 22.9 Å². The summed E-state index contributed by atoms with van der Waals surface area (Å²) in [5.41, 5.74) is 6.13. The third-order valence-corrected chi connectivity index (χ3v) is 5.59. The molecule has 3 heteroatoms. The first-order valence-corrected chi connectivity index (χ1v) is 9.96. The Morgan fingerprint density at radius 1 is 0.500 bits per heavy atom. The number of hydrogen-bond donors (Lipinski definition) is 0. The zero-order valence-electron chi connectivity index (χ0n) is 16.2. The molecule has 0 unspecified atom stereocenters.